The highest BCUT2D eigenvalue weighted by atomic mass is 16.3. The van der Waals surface area contributed by atoms with Crippen molar-refractivity contribution in [2.24, 2.45) is 0 Å². The molecule has 0 bridgehead atoms. The molecule has 0 aromatic heterocycles. The van der Waals surface area contributed by atoms with Gasteiger partial charge in [0.15, 0.2) is 0 Å². The van der Waals surface area contributed by atoms with Crippen LogP contribution in [0, 0.1) is 0 Å². The quantitative estimate of drug-likeness (QED) is 0.0918. The van der Waals surface area contributed by atoms with E-state index in [-0.39, 0.29) is 16.2 Å². The molecule has 57 heavy (non-hydrogen) atoms. The molecule has 6 aliphatic carbocycles. The van der Waals surface area contributed by atoms with Crippen molar-refractivity contribution in [3.05, 3.63) is 176 Å². The molecule has 6 aromatic rings. The highest BCUT2D eigenvalue weighted by Crippen LogP contribution is 2.59. The molecule has 0 saturated carbocycles. The lowest BCUT2D eigenvalue weighted by molar-refractivity contribution is 0.415. The minimum atomic E-state index is -0.165. The molecule has 0 heterocycles. The van der Waals surface area contributed by atoms with Gasteiger partial charge in [-0.25, -0.2) is 0 Å². The Hall–Kier alpha value is -5.88. The second kappa shape index (κ2) is 13.1. The van der Waals surface area contributed by atoms with E-state index in [2.05, 4.69) is 36.4 Å². The summed E-state index contributed by atoms with van der Waals surface area (Å²) in [5.41, 5.74) is 13.2. The Morgan fingerprint density at radius 2 is 0.404 bits per heavy atom. The molecular formula is C51H48O6. The van der Waals surface area contributed by atoms with Crippen LogP contribution in [0.1, 0.15) is 105 Å². The third-order valence-electron chi connectivity index (χ3n) is 14.6. The maximum absolute atomic E-state index is 10.3. The van der Waals surface area contributed by atoms with Gasteiger partial charge in [-0.3, -0.25) is 0 Å². The summed E-state index contributed by atoms with van der Waals surface area (Å²) in [4.78, 5) is 0. The van der Waals surface area contributed by atoms with Crippen molar-refractivity contribution in [1.82, 2.24) is 0 Å². The Morgan fingerprint density at radius 1 is 0.246 bits per heavy atom. The summed E-state index contributed by atoms with van der Waals surface area (Å²) in [5, 5.41) is 61.8. The number of benzene rings is 6. The van der Waals surface area contributed by atoms with Gasteiger partial charge in [-0.05, 0) is 147 Å². The molecule has 0 radical (unpaired) electrons. The fraction of sp³-hybridized carbons (Fsp3) is 0.294. The molecular weight excluding hydrogens is 709 g/mol. The number of aryl methyl sites for hydroxylation is 6. The summed E-state index contributed by atoms with van der Waals surface area (Å²) >= 11 is 0. The first kappa shape index (κ1) is 35.5. The standard InChI is InChI=1S/3C17H16O2/c3*18-13-5-1-3-11-7-9-17(15(11)13)10-8-12-4-2-6-14(19)16(12)17/h3*1-6,18-19H,7-10H2. The molecule has 6 aliphatic rings. The number of hydrogen-bond donors (Lipinski definition) is 6. The van der Waals surface area contributed by atoms with Gasteiger partial charge in [-0.1, -0.05) is 72.8 Å². The molecule has 6 N–H and O–H groups in total. The van der Waals surface area contributed by atoms with Crippen LogP contribution in [0.5, 0.6) is 34.5 Å². The van der Waals surface area contributed by atoms with Crippen molar-refractivity contribution in [1.29, 1.82) is 0 Å². The predicted octanol–water partition coefficient (Wildman–Crippen LogP) is 9.83. The Balaban J connectivity index is 0.000000104. The highest BCUT2D eigenvalue weighted by molar-refractivity contribution is 5.64. The van der Waals surface area contributed by atoms with E-state index in [4.69, 9.17) is 0 Å². The first-order chi connectivity index (χ1) is 27.7. The summed E-state index contributed by atoms with van der Waals surface area (Å²) in [5.74, 6) is 2.28. The zero-order valence-corrected chi connectivity index (χ0v) is 32.1. The van der Waals surface area contributed by atoms with Gasteiger partial charge in [-0.15, -0.1) is 0 Å². The smallest absolute Gasteiger partial charge is 0.119 e. The number of phenolic OH excluding ortho intramolecular Hbond substituents is 6. The predicted molar refractivity (Wildman–Crippen MR) is 221 cm³/mol. The molecule has 0 unspecified atom stereocenters. The molecule has 3 spiro atoms. The summed E-state index contributed by atoms with van der Waals surface area (Å²) in [7, 11) is 0. The maximum Gasteiger partial charge on any atom is 0.119 e. The van der Waals surface area contributed by atoms with Crippen LogP contribution < -0.4 is 0 Å². The van der Waals surface area contributed by atoms with Crippen LogP contribution in [0.15, 0.2) is 109 Å². The van der Waals surface area contributed by atoms with Crippen LogP contribution in [0.4, 0.5) is 0 Å². The molecule has 6 heteroatoms. The molecule has 0 amide bonds. The third-order valence-corrected chi connectivity index (χ3v) is 14.6. The monoisotopic (exact) mass is 756 g/mol. The number of hydrogen-bond acceptors (Lipinski definition) is 6. The van der Waals surface area contributed by atoms with Crippen molar-refractivity contribution in [3.63, 3.8) is 0 Å². The average Bonchev–Trinajstić information content (AvgIpc) is 4.07. The molecule has 6 nitrogen and oxygen atoms in total. The maximum atomic E-state index is 10.3. The first-order valence-electron chi connectivity index (χ1n) is 20.5. The van der Waals surface area contributed by atoms with E-state index in [0.717, 1.165) is 110 Å². The largest absolute Gasteiger partial charge is 0.508 e. The Morgan fingerprint density at radius 3 is 0.561 bits per heavy atom. The fourth-order valence-corrected chi connectivity index (χ4v) is 12.4. The molecule has 6 aromatic carbocycles. The van der Waals surface area contributed by atoms with Gasteiger partial charge in [-0.2, -0.15) is 0 Å². The molecule has 288 valence electrons. The van der Waals surface area contributed by atoms with E-state index in [0.29, 0.717) is 34.5 Å². The van der Waals surface area contributed by atoms with Crippen molar-refractivity contribution in [2.75, 3.05) is 0 Å². The minimum absolute atomic E-state index is 0.165. The van der Waals surface area contributed by atoms with E-state index in [1.807, 2.05) is 36.4 Å². The summed E-state index contributed by atoms with van der Waals surface area (Å²) in [6.45, 7) is 0. The van der Waals surface area contributed by atoms with Crippen LogP contribution in [0.25, 0.3) is 0 Å². The van der Waals surface area contributed by atoms with E-state index >= 15 is 0 Å². The normalized spacial score (nSPS) is 18.5. The van der Waals surface area contributed by atoms with Crippen LogP contribution in [-0.4, -0.2) is 30.6 Å². The summed E-state index contributed by atoms with van der Waals surface area (Å²) in [6.07, 6.45) is 11.8. The lowest BCUT2D eigenvalue weighted by atomic mass is 9.76. The number of rotatable bonds is 0. The van der Waals surface area contributed by atoms with Gasteiger partial charge in [0.2, 0.25) is 0 Å². The van der Waals surface area contributed by atoms with Crippen LogP contribution in [0.2, 0.25) is 0 Å². The average molecular weight is 757 g/mol. The van der Waals surface area contributed by atoms with Gasteiger partial charge < -0.3 is 30.6 Å². The van der Waals surface area contributed by atoms with Crippen LogP contribution in [-0.2, 0) is 54.8 Å². The highest BCUT2D eigenvalue weighted by Gasteiger charge is 2.50. The lowest BCUT2D eigenvalue weighted by Gasteiger charge is -2.27. The van der Waals surface area contributed by atoms with E-state index < -0.39 is 0 Å². The Labute approximate surface area is 333 Å². The van der Waals surface area contributed by atoms with Crippen LogP contribution in [0.3, 0.4) is 0 Å². The zero-order valence-electron chi connectivity index (χ0n) is 32.1. The van der Waals surface area contributed by atoms with E-state index in [9.17, 15) is 30.6 Å². The molecule has 0 aliphatic heterocycles. The fourth-order valence-electron chi connectivity index (χ4n) is 12.4. The molecule has 0 saturated heterocycles. The Bertz CT molecular complexity index is 2120. The minimum Gasteiger partial charge on any atom is -0.508 e. The van der Waals surface area contributed by atoms with E-state index in [1.165, 1.54) is 33.4 Å². The second-order valence-corrected chi connectivity index (χ2v) is 17.1. The second-order valence-electron chi connectivity index (χ2n) is 17.1. The third kappa shape index (κ3) is 5.15. The SMILES string of the molecule is Oc1cccc2c1C1(CC2)CCc2cccc(O)c21.Oc1cccc2c1C1(CC2)CCc2cccc(O)c21.Oc1cccc2c1C1(CC2)CCc2cccc(O)c21. The Kier molecular flexibility index (Phi) is 8.16. The lowest BCUT2D eigenvalue weighted by Crippen LogP contribution is -2.21. The molecule has 0 fully saturated rings. The number of phenols is 6. The topological polar surface area (TPSA) is 121 Å². The number of fused-ring (bicyclic) bond motifs is 12. The van der Waals surface area contributed by atoms with Crippen LogP contribution >= 0.6 is 0 Å². The van der Waals surface area contributed by atoms with Crippen molar-refractivity contribution in [2.45, 2.75) is 93.3 Å². The van der Waals surface area contributed by atoms with Crippen molar-refractivity contribution in [3.8, 4) is 34.5 Å². The number of aromatic hydroxyl groups is 6. The van der Waals surface area contributed by atoms with E-state index in [1.54, 1.807) is 36.4 Å². The van der Waals surface area contributed by atoms with Gasteiger partial charge >= 0.3 is 0 Å². The van der Waals surface area contributed by atoms with Gasteiger partial charge in [0.05, 0.1) is 0 Å². The van der Waals surface area contributed by atoms with Gasteiger partial charge in [0.1, 0.15) is 34.5 Å². The van der Waals surface area contributed by atoms with Gasteiger partial charge in [0, 0.05) is 49.6 Å². The summed E-state index contributed by atoms with van der Waals surface area (Å²) < 4.78 is 0. The van der Waals surface area contributed by atoms with Crippen molar-refractivity contribution >= 4 is 0 Å². The summed E-state index contributed by atoms with van der Waals surface area (Å²) in [6, 6.07) is 34.7. The molecule has 0 atom stereocenters. The van der Waals surface area contributed by atoms with Gasteiger partial charge in [0.25, 0.3) is 0 Å². The first-order valence-corrected chi connectivity index (χ1v) is 20.5. The zero-order chi connectivity index (χ0) is 39.1. The van der Waals surface area contributed by atoms with Crippen molar-refractivity contribution < 1.29 is 30.6 Å². The molecule has 12 rings (SSSR count).